The van der Waals surface area contributed by atoms with Gasteiger partial charge >= 0.3 is 0 Å². The van der Waals surface area contributed by atoms with Gasteiger partial charge in [0, 0.05) is 0 Å². The van der Waals surface area contributed by atoms with E-state index in [2.05, 4.69) is 10.6 Å². The Morgan fingerprint density at radius 3 is 2.56 bits per heavy atom. The summed E-state index contributed by atoms with van der Waals surface area (Å²) >= 11 is 0. The quantitative estimate of drug-likeness (QED) is 0.680. The molecular formula is C12H18N2O2. The van der Waals surface area contributed by atoms with Gasteiger partial charge in [-0.2, -0.15) is 0 Å². The predicted molar refractivity (Wildman–Crippen MR) is 64.5 cm³/mol. The van der Waals surface area contributed by atoms with Crippen LogP contribution in [-0.2, 0) is 4.79 Å². The molecule has 0 saturated heterocycles. The Kier molecular flexibility index (Phi) is 3.90. The third-order valence-corrected chi connectivity index (χ3v) is 2.34. The van der Waals surface area contributed by atoms with Gasteiger partial charge in [0.2, 0.25) is 5.91 Å². The van der Waals surface area contributed by atoms with Crippen LogP contribution in [-0.4, -0.2) is 23.1 Å². The van der Waals surface area contributed by atoms with Crippen molar-refractivity contribution in [3.63, 3.8) is 0 Å². The van der Waals surface area contributed by atoms with Crippen molar-refractivity contribution in [3.8, 4) is 5.75 Å². The highest BCUT2D eigenvalue weighted by Crippen LogP contribution is 2.22. The van der Waals surface area contributed by atoms with E-state index in [1.165, 1.54) is 6.07 Å². The summed E-state index contributed by atoms with van der Waals surface area (Å²) in [5.74, 6) is -0.0981. The highest BCUT2D eigenvalue weighted by atomic mass is 16.3. The zero-order chi connectivity index (χ0) is 12.2. The van der Waals surface area contributed by atoms with Crippen molar-refractivity contribution in [2.75, 3.05) is 11.9 Å². The van der Waals surface area contributed by atoms with E-state index < -0.39 is 5.54 Å². The number of phenolic OH excluding ortho intramolecular Hbond substituents is 1. The minimum Gasteiger partial charge on any atom is -0.506 e. The molecule has 1 aromatic carbocycles. The monoisotopic (exact) mass is 222 g/mol. The fourth-order valence-electron chi connectivity index (χ4n) is 1.38. The van der Waals surface area contributed by atoms with E-state index in [-0.39, 0.29) is 11.7 Å². The molecule has 0 aromatic heterocycles. The fourth-order valence-corrected chi connectivity index (χ4v) is 1.38. The lowest BCUT2D eigenvalue weighted by molar-refractivity contribution is -0.121. The number of likely N-dealkylation sites (N-methyl/N-ethyl adjacent to an activating group) is 1. The molecule has 0 aliphatic carbocycles. The summed E-state index contributed by atoms with van der Waals surface area (Å²) in [7, 11) is 0. The van der Waals surface area contributed by atoms with E-state index in [1.807, 2.05) is 6.92 Å². The number of carbonyl (C=O) groups is 1. The number of amides is 1. The molecule has 88 valence electrons. The third kappa shape index (κ3) is 2.97. The van der Waals surface area contributed by atoms with Crippen LogP contribution in [0.3, 0.4) is 0 Å². The van der Waals surface area contributed by atoms with Gasteiger partial charge in [-0.25, -0.2) is 0 Å². The molecule has 0 radical (unpaired) electrons. The van der Waals surface area contributed by atoms with Crippen LogP contribution in [0.15, 0.2) is 24.3 Å². The maximum atomic E-state index is 11.9. The molecular weight excluding hydrogens is 204 g/mol. The molecule has 16 heavy (non-hydrogen) atoms. The van der Waals surface area contributed by atoms with Crippen LogP contribution in [0.25, 0.3) is 0 Å². The zero-order valence-corrected chi connectivity index (χ0v) is 9.87. The molecule has 1 amide bonds. The summed E-state index contributed by atoms with van der Waals surface area (Å²) < 4.78 is 0. The molecule has 0 unspecified atom stereocenters. The minimum atomic E-state index is -0.656. The van der Waals surface area contributed by atoms with Crippen molar-refractivity contribution >= 4 is 11.6 Å². The lowest BCUT2D eigenvalue weighted by Crippen LogP contribution is -2.49. The van der Waals surface area contributed by atoms with Gasteiger partial charge in [0.05, 0.1) is 11.2 Å². The van der Waals surface area contributed by atoms with E-state index in [9.17, 15) is 9.90 Å². The van der Waals surface area contributed by atoms with E-state index in [0.717, 1.165) is 0 Å². The SMILES string of the molecule is CCNC(C)(C)C(=O)Nc1ccccc1O. The van der Waals surface area contributed by atoms with Crippen molar-refractivity contribution < 1.29 is 9.90 Å². The number of aromatic hydroxyl groups is 1. The number of anilines is 1. The maximum Gasteiger partial charge on any atom is 0.244 e. The summed E-state index contributed by atoms with van der Waals surface area (Å²) in [6, 6.07) is 6.67. The Labute approximate surface area is 95.7 Å². The second-order valence-electron chi connectivity index (χ2n) is 4.13. The number of nitrogens with one attached hydrogen (secondary N) is 2. The highest BCUT2D eigenvalue weighted by Gasteiger charge is 2.26. The number of rotatable bonds is 4. The lowest BCUT2D eigenvalue weighted by Gasteiger charge is -2.24. The number of hydrogen-bond donors (Lipinski definition) is 3. The van der Waals surface area contributed by atoms with Crippen LogP contribution in [0.2, 0.25) is 0 Å². The summed E-state index contributed by atoms with van der Waals surface area (Å²) in [6.45, 7) is 6.24. The van der Waals surface area contributed by atoms with Crippen molar-refractivity contribution in [3.05, 3.63) is 24.3 Å². The van der Waals surface area contributed by atoms with Gasteiger partial charge in [0.1, 0.15) is 5.75 Å². The normalized spacial score (nSPS) is 11.2. The largest absolute Gasteiger partial charge is 0.506 e. The first-order valence-corrected chi connectivity index (χ1v) is 5.32. The Balaban J connectivity index is 2.75. The first kappa shape index (κ1) is 12.5. The zero-order valence-electron chi connectivity index (χ0n) is 9.87. The number of para-hydroxylation sites is 2. The summed E-state index contributed by atoms with van der Waals surface area (Å²) in [5.41, 5.74) is -0.227. The molecule has 0 atom stereocenters. The molecule has 0 fully saturated rings. The van der Waals surface area contributed by atoms with Crippen molar-refractivity contribution in [1.82, 2.24) is 5.32 Å². The van der Waals surface area contributed by atoms with Crippen LogP contribution in [0.4, 0.5) is 5.69 Å². The van der Waals surface area contributed by atoms with E-state index in [4.69, 9.17) is 0 Å². The smallest absolute Gasteiger partial charge is 0.244 e. The van der Waals surface area contributed by atoms with Crippen molar-refractivity contribution in [2.45, 2.75) is 26.3 Å². The Morgan fingerprint density at radius 1 is 1.38 bits per heavy atom. The molecule has 0 aliphatic rings. The predicted octanol–water partition coefficient (Wildman–Crippen LogP) is 1.72. The van der Waals surface area contributed by atoms with Gasteiger partial charge in [-0.3, -0.25) is 4.79 Å². The summed E-state index contributed by atoms with van der Waals surface area (Å²) in [4.78, 5) is 11.9. The molecule has 4 nitrogen and oxygen atoms in total. The Hall–Kier alpha value is -1.55. The number of phenols is 1. The molecule has 1 aromatic rings. The minimum absolute atomic E-state index is 0.0724. The lowest BCUT2D eigenvalue weighted by atomic mass is 10.0. The first-order valence-electron chi connectivity index (χ1n) is 5.32. The van der Waals surface area contributed by atoms with Gasteiger partial charge in [-0.1, -0.05) is 19.1 Å². The van der Waals surface area contributed by atoms with E-state index in [1.54, 1.807) is 32.0 Å². The van der Waals surface area contributed by atoms with Crippen molar-refractivity contribution in [2.24, 2.45) is 0 Å². The van der Waals surface area contributed by atoms with Crippen LogP contribution in [0.5, 0.6) is 5.75 Å². The Morgan fingerprint density at radius 2 is 2.00 bits per heavy atom. The van der Waals surface area contributed by atoms with Crippen LogP contribution in [0.1, 0.15) is 20.8 Å². The molecule has 4 heteroatoms. The van der Waals surface area contributed by atoms with Gasteiger partial charge in [-0.05, 0) is 32.5 Å². The third-order valence-electron chi connectivity index (χ3n) is 2.34. The standard InChI is InChI=1S/C12H18N2O2/c1-4-13-12(2,3)11(16)14-9-7-5-6-8-10(9)15/h5-8,13,15H,4H2,1-3H3,(H,14,16). The second kappa shape index (κ2) is 4.99. The van der Waals surface area contributed by atoms with E-state index in [0.29, 0.717) is 12.2 Å². The summed E-state index contributed by atoms with van der Waals surface area (Å²) in [6.07, 6.45) is 0. The average molecular weight is 222 g/mol. The van der Waals surface area contributed by atoms with Gasteiger partial charge in [-0.15, -0.1) is 0 Å². The van der Waals surface area contributed by atoms with Gasteiger partial charge < -0.3 is 15.7 Å². The average Bonchev–Trinajstić information content (AvgIpc) is 2.21. The number of hydrogen-bond acceptors (Lipinski definition) is 3. The van der Waals surface area contributed by atoms with Gasteiger partial charge in [0.25, 0.3) is 0 Å². The Bertz CT molecular complexity index is 375. The molecule has 1 rings (SSSR count). The number of carbonyl (C=O) groups excluding carboxylic acids is 1. The highest BCUT2D eigenvalue weighted by molar-refractivity contribution is 5.98. The molecule has 0 aliphatic heterocycles. The molecule has 0 saturated carbocycles. The van der Waals surface area contributed by atoms with E-state index >= 15 is 0 Å². The molecule has 0 heterocycles. The van der Waals surface area contributed by atoms with Gasteiger partial charge in [0.15, 0.2) is 0 Å². The van der Waals surface area contributed by atoms with Crippen LogP contribution < -0.4 is 10.6 Å². The number of benzene rings is 1. The van der Waals surface area contributed by atoms with Crippen molar-refractivity contribution in [1.29, 1.82) is 0 Å². The molecule has 3 N–H and O–H groups in total. The molecule has 0 spiro atoms. The van der Waals surface area contributed by atoms with Crippen LogP contribution in [0, 0.1) is 0 Å². The maximum absolute atomic E-state index is 11.9. The first-order chi connectivity index (χ1) is 7.47. The summed E-state index contributed by atoms with van der Waals surface area (Å²) in [5, 5.41) is 15.3. The topological polar surface area (TPSA) is 61.4 Å². The second-order valence-corrected chi connectivity index (χ2v) is 4.13. The van der Waals surface area contributed by atoms with Crippen LogP contribution >= 0.6 is 0 Å². The molecule has 0 bridgehead atoms. The fraction of sp³-hybridized carbons (Fsp3) is 0.417.